The number of nitrogens with zero attached hydrogens (tertiary/aromatic N) is 3. The highest BCUT2D eigenvalue weighted by molar-refractivity contribution is 7.90. The van der Waals surface area contributed by atoms with Gasteiger partial charge in [-0.1, -0.05) is 35.4 Å². The van der Waals surface area contributed by atoms with E-state index in [4.69, 9.17) is 0 Å². The van der Waals surface area contributed by atoms with Crippen molar-refractivity contribution in [3.05, 3.63) is 77.1 Å². The van der Waals surface area contributed by atoms with Crippen molar-refractivity contribution in [1.29, 1.82) is 0 Å². The van der Waals surface area contributed by atoms with Crippen LogP contribution in [0.2, 0.25) is 0 Å². The number of anilines is 2. The van der Waals surface area contributed by atoms with Gasteiger partial charge in [-0.2, -0.15) is 8.42 Å². The molecule has 0 fully saturated rings. The van der Waals surface area contributed by atoms with Gasteiger partial charge < -0.3 is 5.32 Å². The third kappa shape index (κ3) is 5.61. The minimum atomic E-state index is -3.94. The zero-order valence-corrected chi connectivity index (χ0v) is 17.6. The predicted octanol–water partition coefficient (Wildman–Crippen LogP) is 3.98. The molecule has 8 heteroatoms. The molecule has 0 aliphatic carbocycles. The molecule has 3 rings (SSSR count). The third-order valence-electron chi connectivity index (χ3n) is 4.06. The molecule has 1 aromatic heterocycles. The van der Waals surface area contributed by atoms with Crippen molar-refractivity contribution in [2.45, 2.75) is 32.6 Å². The molecule has 0 saturated heterocycles. The van der Waals surface area contributed by atoms with Crippen molar-refractivity contribution in [1.82, 2.24) is 9.97 Å². The molecule has 0 bridgehead atoms. The molecule has 7 nitrogen and oxygen atoms in total. The van der Waals surface area contributed by atoms with Crippen molar-refractivity contribution in [3.8, 4) is 0 Å². The second-order valence-electron chi connectivity index (χ2n) is 6.82. The fourth-order valence-electron chi connectivity index (χ4n) is 2.62. The van der Waals surface area contributed by atoms with Crippen LogP contribution in [0.1, 0.15) is 22.5 Å². The zero-order valence-electron chi connectivity index (χ0n) is 16.8. The Morgan fingerprint density at radius 3 is 1.86 bits per heavy atom. The molecule has 3 aromatic rings. The van der Waals surface area contributed by atoms with Gasteiger partial charge in [0.15, 0.2) is 0 Å². The third-order valence-corrected chi connectivity index (χ3v) is 5.35. The molecule has 0 saturated carbocycles. The number of benzene rings is 2. The maximum atomic E-state index is 12.8. The molecule has 0 amide bonds. The Balaban J connectivity index is 1.99. The van der Waals surface area contributed by atoms with Gasteiger partial charge in [-0.3, -0.25) is 5.32 Å². The molecule has 150 valence electrons. The van der Waals surface area contributed by atoms with E-state index >= 15 is 0 Å². The van der Waals surface area contributed by atoms with Gasteiger partial charge >= 0.3 is 0 Å². The summed E-state index contributed by atoms with van der Waals surface area (Å²) in [5.41, 5.74) is 4.26. The van der Waals surface area contributed by atoms with Crippen LogP contribution in [-0.2, 0) is 10.0 Å². The van der Waals surface area contributed by atoms with E-state index in [1.54, 1.807) is 12.1 Å². The molecule has 0 unspecified atom stereocenters. The lowest BCUT2D eigenvalue weighted by molar-refractivity contribution is 0.598. The number of guanidine groups is 1. The Labute approximate surface area is 171 Å². The van der Waals surface area contributed by atoms with E-state index in [9.17, 15) is 8.42 Å². The second-order valence-corrected chi connectivity index (χ2v) is 8.42. The maximum Gasteiger partial charge on any atom is 0.285 e. The van der Waals surface area contributed by atoms with Gasteiger partial charge in [0.1, 0.15) is 0 Å². The number of rotatable bonds is 4. The lowest BCUT2D eigenvalue weighted by Gasteiger charge is -2.12. The first-order chi connectivity index (χ1) is 13.7. The fraction of sp³-hybridized carbons (Fsp3) is 0.190. The van der Waals surface area contributed by atoms with Crippen molar-refractivity contribution >= 4 is 27.6 Å². The van der Waals surface area contributed by atoms with E-state index in [2.05, 4.69) is 25.0 Å². The Kier molecular flexibility index (Phi) is 5.93. The first kappa shape index (κ1) is 20.5. The van der Waals surface area contributed by atoms with Crippen LogP contribution in [0.4, 0.5) is 11.6 Å². The van der Waals surface area contributed by atoms with Crippen LogP contribution in [-0.4, -0.2) is 24.3 Å². The highest BCUT2D eigenvalue weighted by Gasteiger charge is 2.16. The molecule has 29 heavy (non-hydrogen) atoms. The van der Waals surface area contributed by atoms with Gasteiger partial charge in [0, 0.05) is 17.1 Å². The minimum absolute atomic E-state index is 0.0134. The highest BCUT2D eigenvalue weighted by Crippen LogP contribution is 2.15. The number of sulfonamides is 1. The van der Waals surface area contributed by atoms with E-state index < -0.39 is 10.0 Å². The Morgan fingerprint density at radius 2 is 1.31 bits per heavy atom. The SMILES string of the molecule is Cc1ccc(N/C(=N/S(=O)(=O)c2ccc(C)cc2)Nc2nc(C)cc(C)n2)cc1. The van der Waals surface area contributed by atoms with Crippen molar-refractivity contribution in [2.75, 3.05) is 10.6 Å². The van der Waals surface area contributed by atoms with E-state index in [0.717, 1.165) is 22.5 Å². The summed E-state index contributed by atoms with van der Waals surface area (Å²) in [7, 11) is -3.94. The summed E-state index contributed by atoms with van der Waals surface area (Å²) in [6.07, 6.45) is 0. The normalized spacial score (nSPS) is 11.9. The van der Waals surface area contributed by atoms with E-state index in [1.165, 1.54) is 12.1 Å². The van der Waals surface area contributed by atoms with Crippen LogP contribution in [0.25, 0.3) is 0 Å². The first-order valence-corrected chi connectivity index (χ1v) is 10.5. The Bertz CT molecular complexity index is 1120. The second kappa shape index (κ2) is 8.40. The summed E-state index contributed by atoms with van der Waals surface area (Å²) in [5.74, 6) is 0.277. The molecular formula is C21H23N5O2S. The monoisotopic (exact) mass is 409 g/mol. The van der Waals surface area contributed by atoms with Crippen molar-refractivity contribution in [2.24, 2.45) is 4.40 Å². The molecule has 2 N–H and O–H groups in total. The van der Waals surface area contributed by atoms with Crippen molar-refractivity contribution in [3.63, 3.8) is 0 Å². The average Bonchev–Trinajstić information content (AvgIpc) is 2.63. The molecule has 0 spiro atoms. The lowest BCUT2D eigenvalue weighted by atomic mass is 10.2. The summed E-state index contributed by atoms with van der Waals surface area (Å²) in [4.78, 5) is 8.72. The standard InChI is InChI=1S/C21H23N5O2S/c1-14-5-9-18(10-6-14)24-21(25-20-22-16(3)13-17(4)23-20)26-29(27,28)19-11-7-15(2)8-12-19/h5-13H,1-4H3,(H2,22,23,24,25,26). The Hall–Kier alpha value is -3.26. The molecule has 2 aromatic carbocycles. The maximum absolute atomic E-state index is 12.8. The Morgan fingerprint density at radius 1 is 0.793 bits per heavy atom. The topological polar surface area (TPSA) is 96.3 Å². The minimum Gasteiger partial charge on any atom is -0.325 e. The molecule has 1 heterocycles. The number of nitrogens with one attached hydrogen (secondary N) is 2. The van der Waals surface area contributed by atoms with Gasteiger partial charge in [-0.05, 0) is 58.0 Å². The number of aryl methyl sites for hydroxylation is 4. The molecule has 0 aliphatic rings. The van der Waals surface area contributed by atoms with Gasteiger partial charge in [0.2, 0.25) is 11.9 Å². The first-order valence-electron chi connectivity index (χ1n) is 9.06. The quantitative estimate of drug-likeness (QED) is 0.500. The average molecular weight is 410 g/mol. The van der Waals surface area contributed by atoms with E-state index in [1.807, 2.05) is 58.0 Å². The summed E-state index contributed by atoms with van der Waals surface area (Å²) < 4.78 is 29.6. The summed E-state index contributed by atoms with van der Waals surface area (Å²) in [6.45, 7) is 7.55. The summed E-state index contributed by atoms with van der Waals surface area (Å²) in [5, 5.41) is 5.91. The van der Waals surface area contributed by atoms with Crippen molar-refractivity contribution < 1.29 is 8.42 Å². The fourth-order valence-corrected chi connectivity index (χ4v) is 3.54. The number of aromatic nitrogens is 2. The smallest absolute Gasteiger partial charge is 0.285 e. The van der Waals surface area contributed by atoms with E-state index in [0.29, 0.717) is 5.69 Å². The molecular weight excluding hydrogens is 386 g/mol. The van der Waals surface area contributed by atoms with Gasteiger partial charge in [-0.25, -0.2) is 9.97 Å². The zero-order chi connectivity index (χ0) is 21.0. The predicted molar refractivity (Wildman–Crippen MR) is 116 cm³/mol. The largest absolute Gasteiger partial charge is 0.325 e. The lowest BCUT2D eigenvalue weighted by Crippen LogP contribution is -2.25. The van der Waals surface area contributed by atoms with Gasteiger partial charge in [0.05, 0.1) is 4.90 Å². The molecule has 0 atom stereocenters. The van der Waals surface area contributed by atoms with E-state index in [-0.39, 0.29) is 16.8 Å². The molecule has 0 radical (unpaired) electrons. The number of hydrogen-bond donors (Lipinski definition) is 2. The number of hydrogen-bond acceptors (Lipinski definition) is 4. The van der Waals surface area contributed by atoms with Crippen LogP contribution in [0.15, 0.2) is 63.9 Å². The highest BCUT2D eigenvalue weighted by atomic mass is 32.2. The van der Waals surface area contributed by atoms with Crippen LogP contribution in [0.3, 0.4) is 0 Å². The van der Waals surface area contributed by atoms with Crippen LogP contribution >= 0.6 is 0 Å². The van der Waals surface area contributed by atoms with Gasteiger partial charge in [-0.15, -0.1) is 4.40 Å². The van der Waals surface area contributed by atoms with Gasteiger partial charge in [0.25, 0.3) is 10.0 Å². The summed E-state index contributed by atoms with van der Waals surface area (Å²) in [6, 6.07) is 15.9. The summed E-state index contributed by atoms with van der Waals surface area (Å²) >= 11 is 0. The van der Waals surface area contributed by atoms with Crippen LogP contribution < -0.4 is 10.6 Å². The van der Waals surface area contributed by atoms with Crippen LogP contribution in [0.5, 0.6) is 0 Å². The molecule has 0 aliphatic heterocycles. The van der Waals surface area contributed by atoms with Crippen LogP contribution in [0, 0.1) is 27.7 Å².